The molecule has 1 saturated heterocycles. The minimum Gasteiger partial charge on any atom is -0.444 e. The first-order valence-electron chi connectivity index (χ1n) is 7.85. The number of ether oxygens (including phenoxy) is 1. The van der Waals surface area contributed by atoms with E-state index in [9.17, 15) is 4.79 Å². The fourth-order valence-corrected chi connectivity index (χ4v) is 3.71. The maximum atomic E-state index is 12.3. The SMILES string of the molecule is CC(C)(C)OC(=O)N1CC(CN=[N+]=[N-])C2(CCCCC2)C1. The predicted molar refractivity (Wildman–Crippen MR) is 80.8 cm³/mol. The molecular formula is C15H26N4O2. The molecular weight excluding hydrogens is 268 g/mol. The number of carbonyl (C=O) groups is 1. The van der Waals surface area contributed by atoms with Crippen LogP contribution in [0.4, 0.5) is 4.79 Å². The number of hydrogen-bond acceptors (Lipinski definition) is 3. The van der Waals surface area contributed by atoms with Gasteiger partial charge in [-0.3, -0.25) is 0 Å². The number of amides is 1. The van der Waals surface area contributed by atoms with Crippen LogP contribution < -0.4 is 0 Å². The number of rotatable bonds is 2. The summed E-state index contributed by atoms with van der Waals surface area (Å²) in [6.45, 7) is 7.52. The molecule has 1 heterocycles. The molecule has 1 unspecified atom stereocenters. The molecule has 0 radical (unpaired) electrons. The number of carbonyl (C=O) groups excluding carboxylic acids is 1. The Bertz CT molecular complexity index is 431. The Hall–Kier alpha value is -1.42. The van der Waals surface area contributed by atoms with Crippen molar-refractivity contribution in [3.05, 3.63) is 10.4 Å². The third kappa shape index (κ3) is 3.82. The van der Waals surface area contributed by atoms with Gasteiger partial charge in [0.15, 0.2) is 0 Å². The molecule has 6 nitrogen and oxygen atoms in total. The number of azide groups is 1. The molecule has 1 atom stereocenters. The molecule has 2 fully saturated rings. The highest BCUT2D eigenvalue weighted by molar-refractivity contribution is 5.68. The standard InChI is InChI=1S/C15H26N4O2/c1-14(2,3)21-13(20)19-10-12(9-17-18-16)15(11-19)7-5-4-6-8-15/h12H,4-11H2,1-3H3. The first-order chi connectivity index (χ1) is 9.86. The van der Waals surface area contributed by atoms with Crippen molar-refractivity contribution in [3.8, 4) is 0 Å². The van der Waals surface area contributed by atoms with Crippen LogP contribution in [0.3, 0.4) is 0 Å². The third-order valence-corrected chi connectivity index (χ3v) is 4.68. The number of hydrogen-bond donors (Lipinski definition) is 0. The Morgan fingerprint density at radius 3 is 2.62 bits per heavy atom. The second kappa shape index (κ2) is 6.14. The molecule has 1 aliphatic heterocycles. The van der Waals surface area contributed by atoms with Gasteiger partial charge < -0.3 is 9.64 Å². The van der Waals surface area contributed by atoms with Crippen molar-refractivity contribution in [2.24, 2.45) is 16.4 Å². The Balaban J connectivity index is 2.10. The van der Waals surface area contributed by atoms with Crippen molar-refractivity contribution < 1.29 is 9.53 Å². The van der Waals surface area contributed by atoms with Gasteiger partial charge in [0.2, 0.25) is 0 Å². The van der Waals surface area contributed by atoms with Crippen LogP contribution in [-0.4, -0.2) is 36.2 Å². The van der Waals surface area contributed by atoms with E-state index in [2.05, 4.69) is 10.0 Å². The van der Waals surface area contributed by atoms with E-state index in [4.69, 9.17) is 10.3 Å². The summed E-state index contributed by atoms with van der Waals surface area (Å²) < 4.78 is 5.49. The van der Waals surface area contributed by atoms with Gasteiger partial charge in [-0.25, -0.2) is 4.79 Å². The van der Waals surface area contributed by atoms with Crippen LogP contribution in [0.1, 0.15) is 52.9 Å². The van der Waals surface area contributed by atoms with Crippen molar-refractivity contribution in [2.45, 2.75) is 58.5 Å². The highest BCUT2D eigenvalue weighted by atomic mass is 16.6. The molecule has 0 aromatic heterocycles. The summed E-state index contributed by atoms with van der Waals surface area (Å²) in [5.41, 5.74) is 8.25. The Morgan fingerprint density at radius 1 is 1.38 bits per heavy atom. The van der Waals surface area contributed by atoms with Gasteiger partial charge in [0.1, 0.15) is 5.60 Å². The van der Waals surface area contributed by atoms with E-state index in [1.165, 1.54) is 19.3 Å². The zero-order valence-electron chi connectivity index (χ0n) is 13.3. The van der Waals surface area contributed by atoms with Gasteiger partial charge in [0, 0.05) is 24.5 Å². The van der Waals surface area contributed by atoms with E-state index in [1.807, 2.05) is 25.7 Å². The molecule has 118 valence electrons. The minimum atomic E-state index is -0.473. The molecule has 0 bridgehead atoms. The first kappa shape index (κ1) is 16.0. The molecule has 1 saturated carbocycles. The maximum absolute atomic E-state index is 12.3. The largest absolute Gasteiger partial charge is 0.444 e. The van der Waals surface area contributed by atoms with Crippen LogP contribution in [-0.2, 0) is 4.74 Å². The summed E-state index contributed by atoms with van der Waals surface area (Å²) >= 11 is 0. The van der Waals surface area contributed by atoms with Gasteiger partial charge in [-0.1, -0.05) is 24.4 Å². The molecule has 0 aromatic rings. The second-order valence-corrected chi connectivity index (χ2v) is 7.39. The van der Waals surface area contributed by atoms with E-state index < -0.39 is 5.60 Å². The second-order valence-electron chi connectivity index (χ2n) is 7.39. The van der Waals surface area contributed by atoms with Gasteiger partial charge in [0.25, 0.3) is 0 Å². The van der Waals surface area contributed by atoms with Crippen LogP contribution in [0.5, 0.6) is 0 Å². The average molecular weight is 294 g/mol. The van der Waals surface area contributed by atoms with E-state index in [0.717, 1.165) is 19.4 Å². The van der Waals surface area contributed by atoms with E-state index in [1.54, 1.807) is 0 Å². The summed E-state index contributed by atoms with van der Waals surface area (Å²) in [5, 5.41) is 3.77. The summed E-state index contributed by atoms with van der Waals surface area (Å²) in [7, 11) is 0. The molecule has 1 amide bonds. The summed E-state index contributed by atoms with van der Waals surface area (Å²) in [4.78, 5) is 17.0. The van der Waals surface area contributed by atoms with Crippen LogP contribution in [0, 0.1) is 11.3 Å². The lowest BCUT2D eigenvalue weighted by Gasteiger charge is -2.37. The van der Waals surface area contributed by atoms with Crippen molar-refractivity contribution in [1.82, 2.24) is 4.90 Å². The molecule has 0 N–H and O–H groups in total. The Morgan fingerprint density at radius 2 is 2.05 bits per heavy atom. The number of likely N-dealkylation sites (tertiary alicyclic amines) is 1. The Kier molecular flexibility index (Phi) is 4.67. The fourth-order valence-electron chi connectivity index (χ4n) is 3.71. The lowest BCUT2D eigenvalue weighted by atomic mass is 9.68. The van der Waals surface area contributed by atoms with Crippen molar-refractivity contribution >= 4 is 6.09 Å². The highest BCUT2D eigenvalue weighted by Gasteiger charge is 2.48. The van der Waals surface area contributed by atoms with E-state index in [-0.39, 0.29) is 17.4 Å². The van der Waals surface area contributed by atoms with E-state index >= 15 is 0 Å². The minimum absolute atomic E-state index is 0.128. The van der Waals surface area contributed by atoms with Crippen LogP contribution in [0.2, 0.25) is 0 Å². The van der Waals surface area contributed by atoms with Gasteiger partial charge >= 0.3 is 6.09 Å². The van der Waals surface area contributed by atoms with E-state index in [0.29, 0.717) is 13.1 Å². The van der Waals surface area contributed by atoms with Crippen LogP contribution >= 0.6 is 0 Å². The molecule has 1 spiro atoms. The summed E-state index contributed by atoms with van der Waals surface area (Å²) in [5.74, 6) is 0.265. The zero-order valence-corrected chi connectivity index (χ0v) is 13.3. The first-order valence-corrected chi connectivity index (χ1v) is 7.85. The predicted octanol–water partition coefficient (Wildman–Crippen LogP) is 4.11. The molecule has 2 aliphatic rings. The van der Waals surface area contributed by atoms with Gasteiger partial charge in [0.05, 0.1) is 0 Å². The fraction of sp³-hybridized carbons (Fsp3) is 0.933. The van der Waals surface area contributed by atoms with Gasteiger partial charge in [-0.15, -0.1) is 0 Å². The van der Waals surface area contributed by atoms with Gasteiger partial charge in [-0.05, 0) is 50.5 Å². The smallest absolute Gasteiger partial charge is 0.410 e. The normalized spacial score (nSPS) is 24.7. The maximum Gasteiger partial charge on any atom is 0.410 e. The quantitative estimate of drug-likeness (QED) is 0.436. The topological polar surface area (TPSA) is 78.3 Å². The van der Waals surface area contributed by atoms with Crippen LogP contribution in [0.15, 0.2) is 5.11 Å². The van der Waals surface area contributed by atoms with Crippen LogP contribution in [0.25, 0.3) is 10.4 Å². The Labute approximate surface area is 126 Å². The molecule has 2 rings (SSSR count). The van der Waals surface area contributed by atoms with Crippen molar-refractivity contribution in [1.29, 1.82) is 0 Å². The highest BCUT2D eigenvalue weighted by Crippen LogP contribution is 2.47. The van der Waals surface area contributed by atoms with Crippen molar-refractivity contribution in [2.75, 3.05) is 19.6 Å². The van der Waals surface area contributed by atoms with Crippen molar-refractivity contribution in [3.63, 3.8) is 0 Å². The zero-order chi connectivity index (χ0) is 15.5. The molecule has 21 heavy (non-hydrogen) atoms. The lowest BCUT2D eigenvalue weighted by Crippen LogP contribution is -2.37. The van der Waals surface area contributed by atoms with Gasteiger partial charge in [-0.2, -0.15) is 0 Å². The lowest BCUT2D eigenvalue weighted by molar-refractivity contribution is 0.0262. The monoisotopic (exact) mass is 294 g/mol. The molecule has 1 aliphatic carbocycles. The summed E-state index contributed by atoms with van der Waals surface area (Å²) in [6, 6.07) is 0. The summed E-state index contributed by atoms with van der Waals surface area (Å²) in [6.07, 6.45) is 5.68. The average Bonchev–Trinajstić information content (AvgIpc) is 2.74. The molecule has 6 heteroatoms. The molecule has 0 aromatic carbocycles. The third-order valence-electron chi connectivity index (χ3n) is 4.68. The number of nitrogens with zero attached hydrogens (tertiary/aromatic N) is 4.